The van der Waals surface area contributed by atoms with Crippen molar-refractivity contribution in [2.75, 3.05) is 32.8 Å². The smallest absolute Gasteiger partial charge is 0.325 e. The van der Waals surface area contributed by atoms with Gasteiger partial charge in [-0.3, -0.25) is 9.59 Å². The van der Waals surface area contributed by atoms with Crippen LogP contribution in [0.2, 0.25) is 0 Å². The van der Waals surface area contributed by atoms with Crippen LogP contribution in [0, 0.1) is 0 Å². The van der Waals surface area contributed by atoms with Gasteiger partial charge >= 0.3 is 5.97 Å². The van der Waals surface area contributed by atoms with Crippen molar-refractivity contribution in [3.8, 4) is 5.75 Å². The van der Waals surface area contributed by atoms with Crippen LogP contribution in [0.25, 0.3) is 0 Å². The lowest BCUT2D eigenvalue weighted by Crippen LogP contribution is -2.41. The minimum Gasteiger partial charge on any atom is -0.489 e. The van der Waals surface area contributed by atoms with E-state index in [0.717, 1.165) is 5.56 Å². The summed E-state index contributed by atoms with van der Waals surface area (Å²) in [6, 6.07) is 5.07. The quantitative estimate of drug-likeness (QED) is 0.739. The molecule has 0 atom stereocenters. The van der Waals surface area contributed by atoms with Crippen LogP contribution in [0.4, 0.5) is 4.39 Å². The van der Waals surface area contributed by atoms with Gasteiger partial charge in [-0.05, 0) is 37.1 Å². The van der Waals surface area contributed by atoms with Crippen LogP contribution < -0.4 is 10.5 Å². The van der Waals surface area contributed by atoms with Gasteiger partial charge in [0, 0.05) is 24.2 Å². The molecular formula is C17H22ClFN2O4. The summed E-state index contributed by atoms with van der Waals surface area (Å²) in [6.07, 6.45) is 1.05. The third-order valence-electron chi connectivity index (χ3n) is 3.71. The van der Waals surface area contributed by atoms with Crippen LogP contribution in [-0.4, -0.2) is 49.6 Å². The summed E-state index contributed by atoms with van der Waals surface area (Å²) >= 11 is 0. The summed E-state index contributed by atoms with van der Waals surface area (Å²) in [5, 5.41) is 0. The van der Waals surface area contributed by atoms with Crippen molar-refractivity contribution in [2.45, 2.75) is 13.3 Å². The van der Waals surface area contributed by atoms with Crippen molar-refractivity contribution in [3.05, 3.63) is 41.2 Å². The first-order chi connectivity index (χ1) is 11.6. The van der Waals surface area contributed by atoms with Crippen molar-refractivity contribution in [2.24, 2.45) is 5.73 Å². The summed E-state index contributed by atoms with van der Waals surface area (Å²) in [7, 11) is 0. The highest BCUT2D eigenvalue weighted by Crippen LogP contribution is 2.24. The number of hydrogen-bond donors (Lipinski definition) is 1. The number of nitrogens with two attached hydrogens (primary N) is 1. The number of esters is 1. The van der Waals surface area contributed by atoms with Gasteiger partial charge in [-0.1, -0.05) is 0 Å². The topological polar surface area (TPSA) is 81.9 Å². The van der Waals surface area contributed by atoms with Crippen molar-refractivity contribution in [3.63, 3.8) is 0 Å². The average molecular weight is 373 g/mol. The zero-order chi connectivity index (χ0) is 17.5. The molecule has 0 aliphatic carbocycles. The van der Waals surface area contributed by atoms with Crippen LogP contribution in [0.3, 0.4) is 0 Å². The fraction of sp³-hybridized carbons (Fsp3) is 0.412. The van der Waals surface area contributed by atoms with Gasteiger partial charge in [0.1, 0.15) is 18.9 Å². The Hall–Kier alpha value is -2.12. The Balaban J connectivity index is 0.00000312. The van der Waals surface area contributed by atoms with Crippen LogP contribution in [-0.2, 0) is 16.0 Å². The van der Waals surface area contributed by atoms with Gasteiger partial charge in [0.2, 0.25) is 0 Å². The highest BCUT2D eigenvalue weighted by molar-refractivity contribution is 5.98. The molecule has 0 saturated carbocycles. The fourth-order valence-corrected chi connectivity index (χ4v) is 2.43. The lowest BCUT2D eigenvalue weighted by molar-refractivity contribution is -0.143. The Morgan fingerprint density at radius 1 is 1.44 bits per heavy atom. The summed E-state index contributed by atoms with van der Waals surface area (Å²) < 4.78 is 22.8. The molecule has 0 aromatic heterocycles. The second-order valence-electron chi connectivity index (χ2n) is 5.36. The molecule has 8 heteroatoms. The summed E-state index contributed by atoms with van der Waals surface area (Å²) in [5.74, 6) is -0.0723. The molecule has 1 aromatic rings. The number of ether oxygens (including phenoxy) is 2. The number of amides is 1. The molecule has 25 heavy (non-hydrogen) atoms. The van der Waals surface area contributed by atoms with Gasteiger partial charge in [0.15, 0.2) is 0 Å². The second-order valence-corrected chi connectivity index (χ2v) is 5.36. The molecule has 0 radical (unpaired) electrons. The maximum Gasteiger partial charge on any atom is 0.325 e. The Kier molecular flexibility index (Phi) is 8.37. The van der Waals surface area contributed by atoms with Gasteiger partial charge in [-0.25, -0.2) is 4.39 Å². The summed E-state index contributed by atoms with van der Waals surface area (Å²) in [4.78, 5) is 25.4. The van der Waals surface area contributed by atoms with E-state index >= 15 is 0 Å². The number of nitrogens with zero attached hydrogens (tertiary/aromatic N) is 1. The Morgan fingerprint density at radius 2 is 2.20 bits per heavy atom. The predicted octanol–water partition coefficient (Wildman–Crippen LogP) is 1.86. The monoisotopic (exact) mass is 372 g/mol. The highest BCUT2D eigenvalue weighted by atomic mass is 35.5. The maximum absolute atomic E-state index is 12.5. The molecule has 2 rings (SSSR count). The molecule has 0 spiro atoms. The van der Waals surface area contributed by atoms with Gasteiger partial charge in [-0.15, -0.1) is 12.4 Å². The first-order valence-corrected chi connectivity index (χ1v) is 7.77. The number of hydrogen-bond acceptors (Lipinski definition) is 5. The van der Waals surface area contributed by atoms with E-state index < -0.39 is 5.97 Å². The van der Waals surface area contributed by atoms with E-state index in [9.17, 15) is 14.0 Å². The SMILES string of the molecule is CCOC(=O)CN1CCc2cc(OC/C(=C/F)CN)ccc2C1=O.Cl. The van der Waals surface area contributed by atoms with E-state index in [0.29, 0.717) is 36.2 Å². The van der Waals surface area contributed by atoms with E-state index in [4.69, 9.17) is 15.2 Å². The zero-order valence-corrected chi connectivity index (χ0v) is 14.8. The largest absolute Gasteiger partial charge is 0.489 e. The molecule has 0 saturated heterocycles. The number of benzene rings is 1. The summed E-state index contributed by atoms with van der Waals surface area (Å²) in [5.41, 5.74) is 7.11. The molecule has 6 nitrogen and oxygen atoms in total. The zero-order valence-electron chi connectivity index (χ0n) is 14.0. The van der Waals surface area contributed by atoms with Crippen LogP contribution in [0.15, 0.2) is 30.1 Å². The minimum absolute atomic E-state index is 0. The van der Waals surface area contributed by atoms with Crippen LogP contribution in [0.1, 0.15) is 22.8 Å². The molecule has 1 aliphatic rings. The first kappa shape index (κ1) is 20.9. The number of carbonyl (C=O) groups is 2. The molecule has 2 N–H and O–H groups in total. The van der Waals surface area contributed by atoms with Crippen LogP contribution in [0.5, 0.6) is 5.75 Å². The third-order valence-corrected chi connectivity index (χ3v) is 3.71. The van der Waals surface area contributed by atoms with E-state index in [1.807, 2.05) is 0 Å². The molecule has 1 amide bonds. The highest BCUT2D eigenvalue weighted by Gasteiger charge is 2.26. The molecule has 1 aliphatic heterocycles. The molecule has 138 valence electrons. The Bertz CT molecular complexity index is 652. The lowest BCUT2D eigenvalue weighted by atomic mass is 9.98. The minimum atomic E-state index is -0.415. The Morgan fingerprint density at radius 3 is 2.84 bits per heavy atom. The summed E-state index contributed by atoms with van der Waals surface area (Å²) in [6.45, 7) is 2.55. The molecule has 0 fully saturated rings. The van der Waals surface area contributed by atoms with Gasteiger partial charge in [-0.2, -0.15) is 0 Å². The van der Waals surface area contributed by atoms with E-state index in [2.05, 4.69) is 0 Å². The van der Waals surface area contributed by atoms with E-state index in [-0.39, 0.29) is 44.6 Å². The van der Waals surface area contributed by atoms with Gasteiger partial charge in [0.05, 0.1) is 12.9 Å². The Labute approximate surface area is 152 Å². The molecule has 1 aromatic carbocycles. The van der Waals surface area contributed by atoms with Gasteiger partial charge in [0.25, 0.3) is 5.91 Å². The van der Waals surface area contributed by atoms with Crippen molar-refractivity contribution in [1.82, 2.24) is 4.90 Å². The number of carbonyl (C=O) groups excluding carboxylic acids is 2. The predicted molar refractivity (Wildman–Crippen MR) is 93.7 cm³/mol. The third kappa shape index (κ3) is 5.44. The van der Waals surface area contributed by atoms with E-state index in [1.54, 1.807) is 25.1 Å². The van der Waals surface area contributed by atoms with Gasteiger partial charge < -0.3 is 20.1 Å². The van der Waals surface area contributed by atoms with E-state index in [1.165, 1.54) is 4.90 Å². The normalized spacial score (nSPS) is 13.8. The number of rotatable bonds is 7. The molecular weight excluding hydrogens is 351 g/mol. The first-order valence-electron chi connectivity index (χ1n) is 7.77. The molecule has 1 heterocycles. The van der Waals surface area contributed by atoms with Crippen molar-refractivity contribution >= 4 is 24.3 Å². The molecule has 0 unspecified atom stereocenters. The standard InChI is InChI=1S/C17H21FN2O4.ClH/c1-2-23-16(21)10-20-6-5-13-7-14(3-4-15(13)17(20)22)24-11-12(8-18)9-19;/h3-4,7-8H,2,5-6,9-11,19H2,1H3;1H/b12-8+;. The van der Waals surface area contributed by atoms with Crippen LogP contribution >= 0.6 is 12.4 Å². The second kappa shape index (κ2) is 10.0. The maximum atomic E-state index is 12.5. The average Bonchev–Trinajstić information content (AvgIpc) is 2.58. The van der Waals surface area contributed by atoms with Crippen molar-refractivity contribution in [1.29, 1.82) is 0 Å². The molecule has 0 bridgehead atoms. The fourth-order valence-electron chi connectivity index (χ4n) is 2.43. The lowest BCUT2D eigenvalue weighted by Gasteiger charge is -2.28. The number of halogens is 2. The number of fused-ring (bicyclic) bond motifs is 1. The van der Waals surface area contributed by atoms with Crippen molar-refractivity contribution < 1.29 is 23.5 Å².